The topological polar surface area (TPSA) is 43.6 Å². The van der Waals surface area contributed by atoms with Crippen LogP contribution in [-0.4, -0.2) is 23.4 Å². The number of carbonyl (C=O) groups excluding carboxylic acids is 1. The van der Waals surface area contributed by atoms with E-state index in [0.717, 1.165) is 11.3 Å². The van der Waals surface area contributed by atoms with Crippen LogP contribution in [0.1, 0.15) is 28.5 Å². The number of ether oxygens (including phenoxy) is 1. The number of rotatable bonds is 4. The summed E-state index contributed by atoms with van der Waals surface area (Å²) in [6.07, 6.45) is 1.89. The summed E-state index contributed by atoms with van der Waals surface area (Å²) < 4.78 is 7.15. The van der Waals surface area contributed by atoms with Crippen molar-refractivity contribution in [1.29, 1.82) is 0 Å². The molecule has 0 aliphatic heterocycles. The van der Waals surface area contributed by atoms with Gasteiger partial charge >= 0.3 is 5.97 Å². The van der Waals surface area contributed by atoms with Crippen molar-refractivity contribution in [2.24, 2.45) is 12.0 Å². The normalized spacial score (nSPS) is 11.3. The van der Waals surface area contributed by atoms with Gasteiger partial charge in [0.05, 0.1) is 17.9 Å². The first kappa shape index (κ1) is 16.0. The molecule has 0 bridgehead atoms. The van der Waals surface area contributed by atoms with Crippen LogP contribution in [0.3, 0.4) is 0 Å². The molecule has 24 heavy (non-hydrogen) atoms. The van der Waals surface area contributed by atoms with Crippen LogP contribution in [0.4, 0.5) is 5.69 Å². The fourth-order valence-corrected chi connectivity index (χ4v) is 2.75. The molecule has 0 atom stereocenters. The lowest BCUT2D eigenvalue weighted by Crippen LogP contribution is -2.03. The van der Waals surface area contributed by atoms with E-state index in [1.807, 2.05) is 30.5 Å². The summed E-state index contributed by atoms with van der Waals surface area (Å²) in [7, 11) is 2.06. The molecule has 0 unspecified atom stereocenters. The number of benzene rings is 2. The summed E-state index contributed by atoms with van der Waals surface area (Å²) in [4.78, 5) is 16.2. The number of carbonyl (C=O) groups is 1. The van der Waals surface area contributed by atoms with E-state index in [1.165, 1.54) is 16.6 Å². The van der Waals surface area contributed by atoms with E-state index >= 15 is 0 Å². The fourth-order valence-electron chi connectivity index (χ4n) is 2.75. The van der Waals surface area contributed by atoms with Gasteiger partial charge < -0.3 is 9.30 Å². The van der Waals surface area contributed by atoms with E-state index in [-0.39, 0.29) is 5.97 Å². The Morgan fingerprint density at radius 2 is 1.88 bits per heavy atom. The maximum atomic E-state index is 11.7. The molecule has 4 nitrogen and oxygen atoms in total. The molecule has 0 fully saturated rings. The van der Waals surface area contributed by atoms with Gasteiger partial charge in [-0.25, -0.2) is 4.79 Å². The second kappa shape index (κ2) is 6.71. The number of para-hydroxylation sites is 1. The molecular weight excluding hydrogens is 300 g/mol. The molecule has 0 saturated heterocycles. The molecule has 0 radical (unpaired) electrons. The van der Waals surface area contributed by atoms with E-state index in [0.29, 0.717) is 12.2 Å². The van der Waals surface area contributed by atoms with E-state index in [9.17, 15) is 4.79 Å². The average molecular weight is 320 g/mol. The number of fused-ring (bicyclic) bond motifs is 1. The lowest BCUT2D eigenvalue weighted by Gasteiger charge is -2.01. The molecule has 3 aromatic rings. The van der Waals surface area contributed by atoms with Crippen molar-refractivity contribution in [2.45, 2.75) is 13.8 Å². The maximum Gasteiger partial charge on any atom is 0.338 e. The van der Waals surface area contributed by atoms with Crippen molar-refractivity contribution in [3.05, 3.63) is 65.4 Å². The number of hydrogen-bond acceptors (Lipinski definition) is 3. The lowest BCUT2D eigenvalue weighted by molar-refractivity contribution is 0.0526. The van der Waals surface area contributed by atoms with Gasteiger partial charge in [0, 0.05) is 35.4 Å². The largest absolute Gasteiger partial charge is 0.462 e. The highest BCUT2D eigenvalue weighted by Gasteiger charge is 2.09. The van der Waals surface area contributed by atoms with Crippen LogP contribution in [0, 0.1) is 6.92 Å². The molecule has 0 aliphatic rings. The zero-order valence-electron chi connectivity index (χ0n) is 14.1. The van der Waals surface area contributed by atoms with Gasteiger partial charge in [0.2, 0.25) is 0 Å². The Hall–Kier alpha value is -2.88. The molecule has 4 heteroatoms. The molecule has 0 saturated carbocycles. The van der Waals surface area contributed by atoms with Gasteiger partial charge in [0.15, 0.2) is 0 Å². The monoisotopic (exact) mass is 320 g/mol. The number of esters is 1. The van der Waals surface area contributed by atoms with E-state index < -0.39 is 0 Å². The van der Waals surface area contributed by atoms with Crippen molar-refractivity contribution in [3.63, 3.8) is 0 Å². The minimum atomic E-state index is -0.307. The maximum absolute atomic E-state index is 11.7. The summed E-state index contributed by atoms with van der Waals surface area (Å²) in [5.41, 5.74) is 4.81. The zero-order valence-corrected chi connectivity index (χ0v) is 14.1. The van der Waals surface area contributed by atoms with Gasteiger partial charge in [-0.15, -0.1) is 0 Å². The summed E-state index contributed by atoms with van der Waals surface area (Å²) in [5.74, 6) is -0.307. The van der Waals surface area contributed by atoms with Crippen LogP contribution in [0.15, 0.2) is 53.5 Å². The lowest BCUT2D eigenvalue weighted by atomic mass is 10.1. The Balaban J connectivity index is 1.89. The van der Waals surface area contributed by atoms with Crippen LogP contribution in [0.25, 0.3) is 10.9 Å². The fraction of sp³-hybridized carbons (Fsp3) is 0.200. The predicted octanol–water partition coefficient (Wildman–Crippen LogP) is 4.41. The summed E-state index contributed by atoms with van der Waals surface area (Å²) in [6.45, 7) is 4.26. The molecular formula is C20H20N2O2. The first-order valence-corrected chi connectivity index (χ1v) is 7.97. The quantitative estimate of drug-likeness (QED) is 0.528. The van der Waals surface area contributed by atoms with Crippen molar-refractivity contribution in [3.8, 4) is 0 Å². The smallest absolute Gasteiger partial charge is 0.338 e. The predicted molar refractivity (Wildman–Crippen MR) is 97.3 cm³/mol. The van der Waals surface area contributed by atoms with Crippen molar-refractivity contribution < 1.29 is 9.53 Å². The minimum absolute atomic E-state index is 0.307. The van der Waals surface area contributed by atoms with E-state index in [1.54, 1.807) is 19.1 Å². The van der Waals surface area contributed by atoms with E-state index in [2.05, 4.69) is 35.7 Å². The number of hydrogen-bond donors (Lipinski definition) is 0. The summed E-state index contributed by atoms with van der Waals surface area (Å²) >= 11 is 0. The number of aliphatic imine (C=N–C) groups is 1. The SMILES string of the molecule is CCOC(=O)c1ccc(N=Cc2c(C)n(C)c3ccccc23)cc1. The molecule has 3 rings (SSSR count). The third-order valence-electron chi connectivity index (χ3n) is 4.17. The highest BCUT2D eigenvalue weighted by atomic mass is 16.5. The van der Waals surface area contributed by atoms with Gasteiger partial charge in [-0.3, -0.25) is 4.99 Å². The highest BCUT2D eigenvalue weighted by Crippen LogP contribution is 2.24. The van der Waals surface area contributed by atoms with Crippen LogP contribution < -0.4 is 0 Å². The number of aryl methyl sites for hydroxylation is 1. The van der Waals surface area contributed by atoms with Crippen molar-refractivity contribution >= 4 is 28.8 Å². The van der Waals surface area contributed by atoms with E-state index in [4.69, 9.17) is 4.74 Å². The van der Waals surface area contributed by atoms with Gasteiger partial charge in [-0.1, -0.05) is 18.2 Å². The Morgan fingerprint density at radius 1 is 1.17 bits per heavy atom. The van der Waals surface area contributed by atoms with Gasteiger partial charge in [0.1, 0.15) is 0 Å². The van der Waals surface area contributed by atoms with Crippen molar-refractivity contribution in [2.75, 3.05) is 6.61 Å². The van der Waals surface area contributed by atoms with Crippen LogP contribution in [0.5, 0.6) is 0 Å². The third kappa shape index (κ3) is 2.95. The molecule has 122 valence electrons. The molecule has 0 aliphatic carbocycles. The van der Waals surface area contributed by atoms with Crippen LogP contribution in [-0.2, 0) is 11.8 Å². The molecule has 0 spiro atoms. The molecule has 1 heterocycles. The zero-order chi connectivity index (χ0) is 17.1. The molecule has 1 aromatic heterocycles. The summed E-state index contributed by atoms with van der Waals surface area (Å²) in [6, 6.07) is 15.4. The first-order valence-electron chi connectivity index (χ1n) is 7.97. The third-order valence-corrected chi connectivity index (χ3v) is 4.17. The number of aromatic nitrogens is 1. The Kier molecular flexibility index (Phi) is 4.47. The molecule has 0 N–H and O–H groups in total. The van der Waals surface area contributed by atoms with Gasteiger partial charge in [-0.2, -0.15) is 0 Å². The second-order valence-corrected chi connectivity index (χ2v) is 5.60. The standard InChI is InChI=1S/C20H20N2O2/c1-4-24-20(23)15-9-11-16(12-10-15)21-13-18-14(2)22(3)19-8-6-5-7-17(18)19/h5-13H,4H2,1-3H3. The Bertz CT molecular complexity index is 905. The second-order valence-electron chi connectivity index (χ2n) is 5.60. The highest BCUT2D eigenvalue weighted by molar-refractivity contribution is 6.01. The van der Waals surface area contributed by atoms with Gasteiger partial charge in [0.25, 0.3) is 0 Å². The molecule has 2 aromatic carbocycles. The Morgan fingerprint density at radius 3 is 2.58 bits per heavy atom. The van der Waals surface area contributed by atoms with Gasteiger partial charge in [-0.05, 0) is 44.2 Å². The van der Waals surface area contributed by atoms with Crippen LogP contribution in [0.2, 0.25) is 0 Å². The summed E-state index contributed by atoms with van der Waals surface area (Å²) in [5, 5.41) is 1.18. The van der Waals surface area contributed by atoms with Crippen molar-refractivity contribution in [1.82, 2.24) is 4.57 Å². The average Bonchev–Trinajstić information content (AvgIpc) is 2.85. The minimum Gasteiger partial charge on any atom is -0.462 e. The molecule has 0 amide bonds. The number of nitrogens with zero attached hydrogens (tertiary/aromatic N) is 2. The van der Waals surface area contributed by atoms with Crippen LogP contribution >= 0.6 is 0 Å². The first-order chi connectivity index (χ1) is 11.6. The Labute approximate surface area is 141 Å².